The van der Waals surface area contributed by atoms with E-state index in [9.17, 15) is 22.8 Å². The van der Waals surface area contributed by atoms with Crippen molar-refractivity contribution in [2.24, 2.45) is 0 Å². The second kappa shape index (κ2) is 6.82. The monoisotopic (exact) mass is 362 g/mol. The number of anilines is 2. The molecule has 3 rings (SSSR count). The Kier molecular flexibility index (Phi) is 4.71. The molecule has 0 saturated carbocycles. The first-order valence-electron chi connectivity index (χ1n) is 8.13. The van der Waals surface area contributed by atoms with Gasteiger partial charge in [0.1, 0.15) is 0 Å². The van der Waals surface area contributed by atoms with Gasteiger partial charge in [-0.15, -0.1) is 0 Å². The van der Waals surface area contributed by atoms with Crippen LogP contribution in [0.2, 0.25) is 0 Å². The molecule has 0 aliphatic carbocycles. The smallest absolute Gasteiger partial charge is 0.380 e. The molecular weight excluding hydrogens is 345 g/mol. The van der Waals surface area contributed by atoms with Gasteiger partial charge in [-0.05, 0) is 30.7 Å². The number of amides is 1. The molecule has 1 atom stereocenters. The quantitative estimate of drug-likeness (QED) is 0.802. The van der Waals surface area contributed by atoms with Crippen LogP contribution in [0.15, 0.2) is 42.5 Å². The maximum atomic E-state index is 12.8. The molecule has 4 nitrogen and oxygen atoms in total. The minimum absolute atomic E-state index is 0.161. The van der Waals surface area contributed by atoms with Crippen LogP contribution in [0.25, 0.3) is 0 Å². The second-order valence-corrected chi connectivity index (χ2v) is 6.32. The zero-order valence-corrected chi connectivity index (χ0v) is 14.0. The van der Waals surface area contributed by atoms with E-state index < -0.39 is 11.7 Å². The number of Topliss-reactive ketones (excluding diaryl/α,β-unsaturated/α-hetero) is 1. The fourth-order valence-electron chi connectivity index (χ4n) is 2.96. The van der Waals surface area contributed by atoms with Gasteiger partial charge in [0.25, 0.3) is 0 Å². The van der Waals surface area contributed by atoms with Crippen molar-refractivity contribution in [3.05, 3.63) is 59.2 Å². The Balaban J connectivity index is 1.90. The van der Waals surface area contributed by atoms with E-state index in [1.165, 1.54) is 12.1 Å². The molecule has 1 heterocycles. The van der Waals surface area contributed by atoms with Crippen LogP contribution >= 0.6 is 0 Å². The van der Waals surface area contributed by atoms with E-state index in [1.54, 1.807) is 18.2 Å². The highest BCUT2D eigenvalue weighted by molar-refractivity contribution is 6.07. The average Bonchev–Trinajstić information content (AvgIpc) is 2.70. The van der Waals surface area contributed by atoms with E-state index in [0.717, 1.165) is 12.1 Å². The number of alkyl halides is 3. The summed E-state index contributed by atoms with van der Waals surface area (Å²) in [6, 6.07) is 9.49. The van der Waals surface area contributed by atoms with Gasteiger partial charge in [-0.25, -0.2) is 0 Å². The first-order valence-corrected chi connectivity index (χ1v) is 8.13. The van der Waals surface area contributed by atoms with Gasteiger partial charge in [-0.1, -0.05) is 24.3 Å². The molecule has 1 aliphatic rings. The lowest BCUT2D eigenvalue weighted by atomic mass is 9.99. The minimum Gasteiger partial charge on any atom is -0.380 e. The van der Waals surface area contributed by atoms with E-state index in [2.05, 4.69) is 10.6 Å². The van der Waals surface area contributed by atoms with Crippen LogP contribution in [-0.4, -0.2) is 17.7 Å². The molecule has 0 fully saturated rings. The van der Waals surface area contributed by atoms with Gasteiger partial charge in [0, 0.05) is 24.4 Å². The second-order valence-electron chi connectivity index (χ2n) is 6.32. The van der Waals surface area contributed by atoms with E-state index in [1.807, 2.05) is 6.92 Å². The van der Waals surface area contributed by atoms with Crippen LogP contribution in [0.5, 0.6) is 0 Å². The molecule has 0 aromatic heterocycles. The number of halogens is 3. The number of carbonyl (C=O) groups is 2. The lowest BCUT2D eigenvalue weighted by Crippen LogP contribution is -2.19. The normalized spacial score (nSPS) is 16.9. The molecule has 2 aromatic rings. The summed E-state index contributed by atoms with van der Waals surface area (Å²) in [6.45, 7) is 1.82. The molecule has 26 heavy (non-hydrogen) atoms. The van der Waals surface area contributed by atoms with Gasteiger partial charge in [-0.2, -0.15) is 13.2 Å². The van der Waals surface area contributed by atoms with Crippen molar-refractivity contribution in [2.45, 2.75) is 32.0 Å². The zero-order valence-electron chi connectivity index (χ0n) is 14.0. The van der Waals surface area contributed by atoms with Crippen LogP contribution in [0.4, 0.5) is 24.5 Å². The summed E-state index contributed by atoms with van der Waals surface area (Å²) in [4.78, 5) is 24.5. The van der Waals surface area contributed by atoms with Crippen LogP contribution in [0.3, 0.4) is 0 Å². The van der Waals surface area contributed by atoms with Gasteiger partial charge < -0.3 is 10.6 Å². The maximum absolute atomic E-state index is 12.8. The number of hydrogen-bond acceptors (Lipinski definition) is 3. The van der Waals surface area contributed by atoms with Gasteiger partial charge in [0.2, 0.25) is 5.91 Å². The molecule has 136 valence electrons. The van der Waals surface area contributed by atoms with Crippen molar-refractivity contribution in [2.75, 3.05) is 10.6 Å². The third-order valence-electron chi connectivity index (χ3n) is 4.14. The fourth-order valence-corrected chi connectivity index (χ4v) is 2.96. The lowest BCUT2D eigenvalue weighted by molar-refractivity contribution is -0.137. The Morgan fingerprint density at radius 1 is 1.19 bits per heavy atom. The Hall–Kier alpha value is -2.83. The summed E-state index contributed by atoms with van der Waals surface area (Å²) < 4.78 is 38.5. The van der Waals surface area contributed by atoms with Gasteiger partial charge in [0.15, 0.2) is 5.78 Å². The van der Waals surface area contributed by atoms with Crippen LogP contribution in [0, 0.1) is 0 Å². The summed E-state index contributed by atoms with van der Waals surface area (Å²) >= 11 is 0. The molecule has 1 unspecified atom stereocenters. The van der Waals surface area contributed by atoms with Crippen LogP contribution < -0.4 is 10.6 Å². The van der Waals surface area contributed by atoms with E-state index >= 15 is 0 Å². The van der Waals surface area contributed by atoms with Gasteiger partial charge in [-0.3, -0.25) is 9.59 Å². The lowest BCUT2D eigenvalue weighted by Gasteiger charge is -2.16. The van der Waals surface area contributed by atoms with Crippen LogP contribution in [0.1, 0.15) is 34.8 Å². The summed E-state index contributed by atoms with van der Waals surface area (Å²) in [6.07, 6.45) is -4.36. The number of rotatable bonds is 3. The SMILES string of the molecule is CC1CC(=O)Nc2cccc(C(=O)Cc3cccc(C(F)(F)F)c3)c2N1. The highest BCUT2D eigenvalue weighted by Crippen LogP contribution is 2.32. The van der Waals surface area contributed by atoms with Crippen molar-refractivity contribution >= 4 is 23.1 Å². The Bertz CT molecular complexity index is 862. The number of benzene rings is 2. The number of hydrogen-bond donors (Lipinski definition) is 2. The summed E-state index contributed by atoms with van der Waals surface area (Å²) in [7, 11) is 0. The predicted octanol–water partition coefficient (Wildman–Crippen LogP) is 4.27. The molecule has 1 aliphatic heterocycles. The average molecular weight is 362 g/mol. The highest BCUT2D eigenvalue weighted by atomic mass is 19.4. The van der Waals surface area contributed by atoms with Crippen molar-refractivity contribution < 1.29 is 22.8 Å². The standard InChI is InChI=1S/C19H17F3N2O2/c1-11-8-17(26)24-15-7-3-6-14(18(15)23-11)16(25)10-12-4-2-5-13(9-12)19(20,21)22/h2-7,9,11,23H,8,10H2,1H3,(H,24,26). The maximum Gasteiger partial charge on any atom is 0.416 e. The highest BCUT2D eigenvalue weighted by Gasteiger charge is 2.30. The molecule has 1 amide bonds. The van der Waals surface area contributed by atoms with Crippen molar-refractivity contribution in [1.82, 2.24) is 0 Å². The Morgan fingerprint density at radius 2 is 1.92 bits per heavy atom. The number of ketones is 1. The van der Waals surface area contributed by atoms with Crippen molar-refractivity contribution in [3.63, 3.8) is 0 Å². The molecular formula is C19H17F3N2O2. The number of nitrogens with one attached hydrogen (secondary N) is 2. The van der Waals surface area contributed by atoms with Crippen LogP contribution in [-0.2, 0) is 17.4 Å². The zero-order chi connectivity index (χ0) is 18.9. The van der Waals surface area contributed by atoms with E-state index in [4.69, 9.17) is 0 Å². The topological polar surface area (TPSA) is 58.2 Å². The third kappa shape index (κ3) is 3.87. The Labute approximate surface area is 148 Å². The first-order chi connectivity index (χ1) is 12.2. The van der Waals surface area contributed by atoms with Gasteiger partial charge >= 0.3 is 6.18 Å². The first kappa shape index (κ1) is 18.0. The summed E-state index contributed by atoms with van der Waals surface area (Å²) in [5.41, 5.74) is 0.841. The minimum atomic E-state index is -4.45. The van der Waals surface area contributed by atoms with Crippen molar-refractivity contribution in [1.29, 1.82) is 0 Å². The molecule has 0 spiro atoms. The number of carbonyl (C=O) groups excluding carboxylic acids is 2. The molecule has 0 bridgehead atoms. The van der Waals surface area contributed by atoms with E-state index in [-0.39, 0.29) is 36.1 Å². The van der Waals surface area contributed by atoms with Crippen molar-refractivity contribution in [3.8, 4) is 0 Å². The van der Waals surface area contributed by atoms with Gasteiger partial charge in [0.05, 0.1) is 16.9 Å². The molecule has 0 saturated heterocycles. The number of fused-ring (bicyclic) bond motifs is 1. The predicted molar refractivity (Wildman–Crippen MR) is 92.3 cm³/mol. The summed E-state index contributed by atoms with van der Waals surface area (Å²) in [5, 5.41) is 5.88. The van der Waals surface area contributed by atoms with E-state index in [0.29, 0.717) is 16.9 Å². The molecule has 7 heteroatoms. The number of para-hydroxylation sites is 1. The fraction of sp³-hybridized carbons (Fsp3) is 0.263. The molecule has 2 aromatic carbocycles. The Morgan fingerprint density at radius 3 is 2.65 bits per heavy atom. The summed E-state index contributed by atoms with van der Waals surface area (Å²) in [5.74, 6) is -0.483. The molecule has 0 radical (unpaired) electrons. The third-order valence-corrected chi connectivity index (χ3v) is 4.14. The molecule has 2 N–H and O–H groups in total. The largest absolute Gasteiger partial charge is 0.416 e.